The summed E-state index contributed by atoms with van der Waals surface area (Å²) in [5.41, 5.74) is 0.447. The first-order chi connectivity index (χ1) is 12.6. The molecule has 4 saturated carbocycles. The van der Waals surface area contributed by atoms with Gasteiger partial charge in [0.05, 0.1) is 0 Å². The molecular formula is C23H37F3O. The number of alkyl halides is 3. The second-order valence-corrected chi connectivity index (χ2v) is 11.0. The van der Waals surface area contributed by atoms with Crippen molar-refractivity contribution in [3.8, 4) is 0 Å². The number of aliphatic hydroxyl groups is 1. The van der Waals surface area contributed by atoms with Crippen LogP contribution >= 0.6 is 0 Å². The highest BCUT2D eigenvalue weighted by Crippen LogP contribution is 2.68. The molecule has 0 aliphatic heterocycles. The number of hydrogen-bond acceptors (Lipinski definition) is 1. The third kappa shape index (κ3) is 2.99. The largest absolute Gasteiger partial charge is 0.414 e. The maximum Gasteiger partial charge on any atom is 0.414 e. The van der Waals surface area contributed by atoms with E-state index in [4.69, 9.17) is 0 Å². The summed E-state index contributed by atoms with van der Waals surface area (Å²) in [5, 5.41) is 9.92. The van der Waals surface area contributed by atoms with E-state index in [0.29, 0.717) is 17.3 Å². The van der Waals surface area contributed by atoms with Crippen molar-refractivity contribution >= 4 is 0 Å². The molecule has 9 atom stereocenters. The molecular weight excluding hydrogens is 349 g/mol. The molecule has 27 heavy (non-hydrogen) atoms. The zero-order valence-electron chi connectivity index (χ0n) is 17.2. The van der Waals surface area contributed by atoms with Crippen molar-refractivity contribution in [3.05, 3.63) is 0 Å². The highest BCUT2D eigenvalue weighted by atomic mass is 19.4. The summed E-state index contributed by atoms with van der Waals surface area (Å²) in [4.78, 5) is 0. The van der Waals surface area contributed by atoms with E-state index in [1.807, 2.05) is 0 Å². The van der Waals surface area contributed by atoms with E-state index in [2.05, 4.69) is 13.8 Å². The van der Waals surface area contributed by atoms with Gasteiger partial charge >= 0.3 is 6.18 Å². The average molecular weight is 387 g/mol. The van der Waals surface area contributed by atoms with E-state index in [9.17, 15) is 18.3 Å². The summed E-state index contributed by atoms with van der Waals surface area (Å²) in [7, 11) is 0. The first kappa shape index (κ1) is 20.0. The van der Waals surface area contributed by atoms with Gasteiger partial charge in [-0.1, -0.05) is 33.6 Å². The van der Waals surface area contributed by atoms with Crippen LogP contribution in [0.4, 0.5) is 13.2 Å². The molecule has 0 bridgehead atoms. The van der Waals surface area contributed by atoms with Gasteiger partial charge in [0.25, 0.3) is 0 Å². The second kappa shape index (κ2) is 6.64. The topological polar surface area (TPSA) is 20.2 Å². The van der Waals surface area contributed by atoms with E-state index in [1.165, 1.54) is 44.9 Å². The molecule has 156 valence electrons. The van der Waals surface area contributed by atoms with Gasteiger partial charge in [-0.05, 0) is 97.7 Å². The van der Waals surface area contributed by atoms with Crippen molar-refractivity contribution in [2.75, 3.05) is 0 Å². The molecule has 0 saturated heterocycles. The number of aliphatic hydroxyl groups excluding tert-OH is 1. The Bertz CT molecular complexity index is 560. The highest BCUT2D eigenvalue weighted by Gasteiger charge is 2.61. The maximum absolute atomic E-state index is 13.2. The highest BCUT2D eigenvalue weighted by molar-refractivity contribution is 5.09. The van der Waals surface area contributed by atoms with Crippen LogP contribution in [0, 0.1) is 46.3 Å². The van der Waals surface area contributed by atoms with Gasteiger partial charge in [0.2, 0.25) is 0 Å². The van der Waals surface area contributed by atoms with Crippen LogP contribution in [0.3, 0.4) is 0 Å². The normalized spacial score (nSPS) is 49.7. The molecule has 4 aliphatic carbocycles. The standard InChI is InChI=1S/C23H37F3O/c1-14(20(27)23(24,25)26)17-9-10-18-16-8-7-15-6-4-5-12-21(15,2)19(16)11-13-22(17,18)3/h14-20,27H,4-13H2,1-3H3/t14-,15?,16?,17?,18?,19?,20?,21?,22?/m0/s1. The van der Waals surface area contributed by atoms with Gasteiger partial charge in [0.1, 0.15) is 0 Å². The van der Waals surface area contributed by atoms with E-state index < -0.39 is 18.2 Å². The van der Waals surface area contributed by atoms with Crippen molar-refractivity contribution in [1.29, 1.82) is 0 Å². The SMILES string of the molecule is C[C@H](C(O)C(F)(F)F)C1CCC2C3CCC4CCCCC4(C)C3CCC21C. The van der Waals surface area contributed by atoms with E-state index in [1.54, 1.807) is 6.92 Å². The van der Waals surface area contributed by atoms with Gasteiger partial charge in [-0.15, -0.1) is 0 Å². The van der Waals surface area contributed by atoms with Gasteiger partial charge in [-0.25, -0.2) is 0 Å². The fraction of sp³-hybridized carbons (Fsp3) is 1.00. The minimum absolute atomic E-state index is 0.00281. The van der Waals surface area contributed by atoms with Crippen LogP contribution in [-0.2, 0) is 0 Å². The minimum atomic E-state index is -4.50. The molecule has 0 aromatic carbocycles. The Labute approximate surface area is 162 Å². The molecule has 4 fully saturated rings. The first-order valence-corrected chi connectivity index (χ1v) is 11.3. The van der Waals surface area contributed by atoms with Crippen molar-refractivity contribution < 1.29 is 18.3 Å². The van der Waals surface area contributed by atoms with Crippen LogP contribution in [0.25, 0.3) is 0 Å². The fourth-order valence-electron chi connectivity index (χ4n) is 8.72. The Balaban J connectivity index is 1.56. The number of hydrogen-bond donors (Lipinski definition) is 1. The van der Waals surface area contributed by atoms with Crippen LogP contribution in [0.5, 0.6) is 0 Å². The Hall–Kier alpha value is -0.250. The molecule has 4 rings (SSSR count). The summed E-state index contributed by atoms with van der Waals surface area (Å²) < 4.78 is 39.5. The van der Waals surface area contributed by atoms with Gasteiger partial charge in [0, 0.05) is 0 Å². The van der Waals surface area contributed by atoms with Gasteiger partial charge in [0.15, 0.2) is 6.10 Å². The molecule has 0 amide bonds. The van der Waals surface area contributed by atoms with Gasteiger partial charge < -0.3 is 5.11 Å². The smallest absolute Gasteiger partial charge is 0.383 e. The molecule has 8 unspecified atom stereocenters. The molecule has 1 N–H and O–H groups in total. The average Bonchev–Trinajstić information content (AvgIpc) is 2.96. The molecule has 0 spiro atoms. The number of rotatable bonds is 2. The van der Waals surface area contributed by atoms with Crippen LogP contribution in [-0.4, -0.2) is 17.4 Å². The molecule has 0 heterocycles. The monoisotopic (exact) mass is 386 g/mol. The third-order valence-corrected chi connectivity index (χ3v) is 10.1. The molecule has 1 nitrogen and oxygen atoms in total. The number of fused-ring (bicyclic) bond motifs is 5. The minimum Gasteiger partial charge on any atom is -0.383 e. The summed E-state index contributed by atoms with van der Waals surface area (Å²) in [6.45, 7) is 6.45. The van der Waals surface area contributed by atoms with Gasteiger partial charge in [-0.3, -0.25) is 0 Å². The third-order valence-electron chi connectivity index (χ3n) is 10.1. The predicted octanol–water partition coefficient (Wildman–Crippen LogP) is 6.59. The lowest BCUT2D eigenvalue weighted by atomic mass is 9.44. The van der Waals surface area contributed by atoms with Crippen LogP contribution in [0.15, 0.2) is 0 Å². The van der Waals surface area contributed by atoms with Crippen molar-refractivity contribution in [3.63, 3.8) is 0 Å². The van der Waals surface area contributed by atoms with E-state index in [0.717, 1.165) is 31.1 Å². The van der Waals surface area contributed by atoms with Crippen LogP contribution < -0.4 is 0 Å². The Morgan fingerprint density at radius 2 is 1.56 bits per heavy atom. The Kier molecular flexibility index (Phi) is 4.93. The zero-order valence-corrected chi connectivity index (χ0v) is 17.2. The van der Waals surface area contributed by atoms with Gasteiger partial charge in [-0.2, -0.15) is 13.2 Å². The maximum atomic E-state index is 13.2. The van der Waals surface area contributed by atoms with Crippen molar-refractivity contribution in [2.24, 2.45) is 46.3 Å². The Morgan fingerprint density at radius 3 is 2.26 bits per heavy atom. The predicted molar refractivity (Wildman–Crippen MR) is 101 cm³/mol. The molecule has 0 aromatic heterocycles. The summed E-state index contributed by atoms with van der Waals surface area (Å²) in [5.74, 6) is 2.21. The first-order valence-electron chi connectivity index (χ1n) is 11.3. The summed E-state index contributed by atoms with van der Waals surface area (Å²) in [6.07, 6.45) is 5.59. The van der Waals surface area contributed by atoms with Crippen molar-refractivity contribution in [2.45, 2.75) is 97.3 Å². The molecule has 0 radical (unpaired) electrons. The number of halogens is 3. The molecule has 4 heteroatoms. The van der Waals surface area contributed by atoms with E-state index >= 15 is 0 Å². The lowest BCUT2D eigenvalue weighted by molar-refractivity contribution is -0.228. The second-order valence-electron chi connectivity index (χ2n) is 11.0. The molecule has 4 aliphatic rings. The zero-order chi connectivity index (χ0) is 19.6. The lowest BCUT2D eigenvalue weighted by Crippen LogP contribution is -2.53. The van der Waals surface area contributed by atoms with Crippen LogP contribution in [0.2, 0.25) is 0 Å². The van der Waals surface area contributed by atoms with Crippen molar-refractivity contribution in [1.82, 2.24) is 0 Å². The Morgan fingerprint density at radius 1 is 0.852 bits per heavy atom. The summed E-state index contributed by atoms with van der Waals surface area (Å²) in [6, 6.07) is 0. The quantitative estimate of drug-likeness (QED) is 0.567. The summed E-state index contributed by atoms with van der Waals surface area (Å²) >= 11 is 0. The molecule has 0 aromatic rings. The van der Waals surface area contributed by atoms with E-state index in [-0.39, 0.29) is 11.3 Å². The lowest BCUT2D eigenvalue weighted by Gasteiger charge is -2.61. The fourth-order valence-corrected chi connectivity index (χ4v) is 8.72. The van der Waals surface area contributed by atoms with Crippen LogP contribution in [0.1, 0.15) is 85.0 Å².